The molecule has 0 aliphatic heterocycles. The number of aromatic nitrogens is 1. The largest absolute Gasteiger partial charge is 0.478 e. The maximum Gasteiger partial charge on any atom is 0.336 e. The van der Waals surface area contributed by atoms with Crippen LogP contribution in [-0.4, -0.2) is 27.1 Å². The molecule has 24 heavy (non-hydrogen) atoms. The topological polar surface area (TPSA) is 87.5 Å². The van der Waals surface area contributed by atoms with E-state index in [0.29, 0.717) is 22.4 Å². The highest BCUT2D eigenvalue weighted by molar-refractivity contribution is 6.01. The number of aromatic carboxylic acids is 2. The standard InChI is InChI=1S/C19H13NO4/c21-18(22)15-8-3-1-6-12(15)13-10-5-11-20-17(13)14-7-2-4-9-16(14)19(23)24/h1-11H,(H,21,22)(H,23,24). The lowest BCUT2D eigenvalue weighted by Gasteiger charge is -2.13. The molecule has 5 heteroatoms. The molecule has 3 aromatic rings. The Bertz CT molecular complexity index is 857. The quantitative estimate of drug-likeness (QED) is 0.763. The summed E-state index contributed by atoms with van der Waals surface area (Å²) in [5.74, 6) is -2.11. The van der Waals surface area contributed by atoms with E-state index in [-0.39, 0.29) is 11.1 Å². The Morgan fingerprint density at radius 2 is 1.17 bits per heavy atom. The van der Waals surface area contributed by atoms with Gasteiger partial charge in [0.1, 0.15) is 0 Å². The van der Waals surface area contributed by atoms with E-state index in [1.807, 2.05) is 0 Å². The van der Waals surface area contributed by atoms with E-state index in [0.717, 1.165) is 0 Å². The first kappa shape index (κ1) is 15.4. The highest BCUT2D eigenvalue weighted by Gasteiger charge is 2.18. The molecule has 2 N–H and O–H groups in total. The second-order valence-electron chi connectivity index (χ2n) is 5.10. The summed E-state index contributed by atoms with van der Waals surface area (Å²) >= 11 is 0. The summed E-state index contributed by atoms with van der Waals surface area (Å²) in [7, 11) is 0. The molecular weight excluding hydrogens is 306 g/mol. The molecule has 0 saturated carbocycles. The van der Waals surface area contributed by atoms with E-state index in [1.54, 1.807) is 54.7 Å². The molecule has 2 aromatic carbocycles. The Morgan fingerprint density at radius 1 is 0.667 bits per heavy atom. The summed E-state index contributed by atoms with van der Waals surface area (Å²) in [4.78, 5) is 27.3. The van der Waals surface area contributed by atoms with Crippen LogP contribution in [-0.2, 0) is 0 Å². The molecule has 0 fully saturated rings. The van der Waals surface area contributed by atoms with Crippen LogP contribution in [0, 0.1) is 0 Å². The molecule has 0 amide bonds. The lowest BCUT2D eigenvalue weighted by molar-refractivity contribution is 0.0686. The highest BCUT2D eigenvalue weighted by atomic mass is 16.4. The van der Waals surface area contributed by atoms with Gasteiger partial charge >= 0.3 is 11.9 Å². The summed E-state index contributed by atoms with van der Waals surface area (Å²) in [6.07, 6.45) is 1.56. The van der Waals surface area contributed by atoms with Gasteiger partial charge in [0.15, 0.2) is 0 Å². The smallest absolute Gasteiger partial charge is 0.336 e. The first-order chi connectivity index (χ1) is 11.6. The molecule has 0 atom stereocenters. The third-order valence-corrected chi connectivity index (χ3v) is 3.67. The fourth-order valence-electron chi connectivity index (χ4n) is 2.62. The van der Waals surface area contributed by atoms with Crippen molar-refractivity contribution < 1.29 is 19.8 Å². The number of benzene rings is 2. The average molecular weight is 319 g/mol. The number of carboxylic acid groups (broad SMARTS) is 2. The molecule has 0 aliphatic carbocycles. The molecular formula is C19H13NO4. The molecule has 118 valence electrons. The van der Waals surface area contributed by atoms with Crippen molar-refractivity contribution in [1.29, 1.82) is 0 Å². The predicted octanol–water partition coefficient (Wildman–Crippen LogP) is 3.81. The van der Waals surface area contributed by atoms with Crippen LogP contribution >= 0.6 is 0 Å². The summed E-state index contributed by atoms with van der Waals surface area (Å²) in [6.45, 7) is 0. The van der Waals surface area contributed by atoms with Crippen molar-refractivity contribution in [2.75, 3.05) is 0 Å². The van der Waals surface area contributed by atoms with Crippen molar-refractivity contribution in [3.8, 4) is 22.4 Å². The van der Waals surface area contributed by atoms with Crippen LogP contribution in [0.3, 0.4) is 0 Å². The van der Waals surface area contributed by atoms with Gasteiger partial charge in [-0.1, -0.05) is 42.5 Å². The van der Waals surface area contributed by atoms with Crippen molar-refractivity contribution >= 4 is 11.9 Å². The van der Waals surface area contributed by atoms with Gasteiger partial charge in [-0.3, -0.25) is 4.98 Å². The van der Waals surface area contributed by atoms with Crippen LogP contribution in [0.15, 0.2) is 66.9 Å². The number of pyridine rings is 1. The number of nitrogens with zero attached hydrogens (tertiary/aromatic N) is 1. The zero-order valence-electron chi connectivity index (χ0n) is 12.5. The van der Waals surface area contributed by atoms with Crippen molar-refractivity contribution in [3.63, 3.8) is 0 Å². The zero-order chi connectivity index (χ0) is 17.1. The molecule has 1 aromatic heterocycles. The Balaban J connectivity index is 2.29. The molecule has 0 unspecified atom stereocenters. The fourth-order valence-corrected chi connectivity index (χ4v) is 2.62. The Kier molecular flexibility index (Phi) is 4.07. The average Bonchev–Trinajstić information content (AvgIpc) is 2.61. The van der Waals surface area contributed by atoms with Crippen molar-refractivity contribution in [3.05, 3.63) is 78.0 Å². The number of hydrogen-bond acceptors (Lipinski definition) is 3. The molecule has 0 spiro atoms. The molecule has 0 radical (unpaired) electrons. The van der Waals surface area contributed by atoms with Crippen LogP contribution in [0.1, 0.15) is 20.7 Å². The highest BCUT2D eigenvalue weighted by Crippen LogP contribution is 2.34. The summed E-state index contributed by atoms with van der Waals surface area (Å²) in [5.41, 5.74) is 2.20. The molecule has 0 saturated heterocycles. The maximum absolute atomic E-state index is 11.5. The van der Waals surface area contributed by atoms with Gasteiger partial charge in [0.05, 0.1) is 16.8 Å². The Hall–Kier alpha value is -3.47. The molecule has 0 aliphatic rings. The van der Waals surface area contributed by atoms with E-state index in [2.05, 4.69) is 4.98 Å². The van der Waals surface area contributed by atoms with Crippen molar-refractivity contribution in [2.24, 2.45) is 0 Å². The molecule has 3 rings (SSSR count). The van der Waals surface area contributed by atoms with Gasteiger partial charge in [0, 0.05) is 17.3 Å². The number of rotatable bonds is 4. The summed E-state index contributed by atoms with van der Waals surface area (Å²) in [5, 5.41) is 18.8. The first-order valence-corrected chi connectivity index (χ1v) is 7.20. The van der Waals surface area contributed by atoms with Gasteiger partial charge < -0.3 is 10.2 Å². The predicted molar refractivity (Wildman–Crippen MR) is 89.0 cm³/mol. The van der Waals surface area contributed by atoms with E-state index >= 15 is 0 Å². The van der Waals surface area contributed by atoms with Crippen molar-refractivity contribution in [1.82, 2.24) is 4.98 Å². The maximum atomic E-state index is 11.5. The van der Waals surface area contributed by atoms with Gasteiger partial charge in [-0.25, -0.2) is 9.59 Å². The van der Waals surface area contributed by atoms with Crippen LogP contribution in [0.5, 0.6) is 0 Å². The van der Waals surface area contributed by atoms with Crippen LogP contribution < -0.4 is 0 Å². The van der Waals surface area contributed by atoms with Crippen LogP contribution in [0.4, 0.5) is 0 Å². The first-order valence-electron chi connectivity index (χ1n) is 7.20. The van der Waals surface area contributed by atoms with Gasteiger partial charge in [0.2, 0.25) is 0 Å². The normalized spacial score (nSPS) is 10.3. The summed E-state index contributed by atoms with van der Waals surface area (Å²) in [6, 6.07) is 16.5. The summed E-state index contributed by atoms with van der Waals surface area (Å²) < 4.78 is 0. The van der Waals surface area contributed by atoms with E-state index in [9.17, 15) is 19.8 Å². The molecule has 0 bridgehead atoms. The van der Waals surface area contributed by atoms with Crippen molar-refractivity contribution in [2.45, 2.75) is 0 Å². The number of carbonyl (C=O) groups is 2. The minimum Gasteiger partial charge on any atom is -0.478 e. The van der Waals surface area contributed by atoms with Crippen LogP contribution in [0.2, 0.25) is 0 Å². The number of hydrogen-bond donors (Lipinski definition) is 2. The van der Waals surface area contributed by atoms with E-state index in [1.165, 1.54) is 12.1 Å². The van der Waals surface area contributed by atoms with Gasteiger partial charge in [-0.05, 0) is 23.8 Å². The Morgan fingerprint density at radius 3 is 1.79 bits per heavy atom. The van der Waals surface area contributed by atoms with E-state index < -0.39 is 11.9 Å². The van der Waals surface area contributed by atoms with E-state index in [4.69, 9.17) is 0 Å². The lowest BCUT2D eigenvalue weighted by Crippen LogP contribution is -2.03. The lowest BCUT2D eigenvalue weighted by atomic mass is 9.93. The SMILES string of the molecule is O=C(O)c1ccccc1-c1cccnc1-c1ccccc1C(=O)O. The third-order valence-electron chi connectivity index (χ3n) is 3.67. The third kappa shape index (κ3) is 2.75. The Labute approximate surface area is 137 Å². The van der Waals surface area contributed by atoms with Gasteiger partial charge in [-0.15, -0.1) is 0 Å². The molecule has 5 nitrogen and oxygen atoms in total. The van der Waals surface area contributed by atoms with Gasteiger partial charge in [-0.2, -0.15) is 0 Å². The minimum atomic E-state index is -1.06. The van der Waals surface area contributed by atoms with Crippen LogP contribution in [0.25, 0.3) is 22.4 Å². The monoisotopic (exact) mass is 319 g/mol. The minimum absolute atomic E-state index is 0.116. The second-order valence-corrected chi connectivity index (χ2v) is 5.10. The van der Waals surface area contributed by atoms with Gasteiger partial charge in [0.25, 0.3) is 0 Å². The number of carboxylic acids is 2. The second kappa shape index (κ2) is 6.34. The zero-order valence-corrected chi connectivity index (χ0v) is 12.5. The fraction of sp³-hybridized carbons (Fsp3) is 0. The molecule has 1 heterocycles.